The molecule has 100 valence electrons. The summed E-state index contributed by atoms with van der Waals surface area (Å²) < 4.78 is 19.0. The molecule has 1 heterocycles. The first-order valence-corrected chi connectivity index (χ1v) is 6.34. The summed E-state index contributed by atoms with van der Waals surface area (Å²) in [7, 11) is 0. The Balaban J connectivity index is 2.11. The Morgan fingerprint density at radius 1 is 1.26 bits per heavy atom. The van der Waals surface area contributed by atoms with E-state index in [9.17, 15) is 4.39 Å². The highest BCUT2D eigenvalue weighted by molar-refractivity contribution is 5.38. The molecule has 0 spiro atoms. The standard InChI is InChI=1S/C15H17FN2O/c1-3-9-17-14-5-4-6-15(18-14)19-12-8-7-11(2)13(16)10-12/h4-8,10H,3,9H2,1-2H3,(H,17,18). The fourth-order valence-corrected chi connectivity index (χ4v) is 1.58. The van der Waals surface area contributed by atoms with E-state index in [1.165, 1.54) is 6.07 Å². The van der Waals surface area contributed by atoms with Gasteiger partial charge in [-0.25, -0.2) is 4.39 Å². The second-order valence-electron chi connectivity index (χ2n) is 4.30. The van der Waals surface area contributed by atoms with Gasteiger partial charge in [0, 0.05) is 18.7 Å². The monoisotopic (exact) mass is 260 g/mol. The molecule has 3 nitrogen and oxygen atoms in total. The molecule has 1 aromatic carbocycles. The van der Waals surface area contributed by atoms with Crippen molar-refractivity contribution in [3.8, 4) is 11.6 Å². The molecule has 0 saturated carbocycles. The molecule has 0 aliphatic carbocycles. The molecule has 19 heavy (non-hydrogen) atoms. The van der Waals surface area contributed by atoms with E-state index < -0.39 is 0 Å². The molecular formula is C15H17FN2O. The minimum absolute atomic E-state index is 0.280. The van der Waals surface area contributed by atoms with Crippen molar-refractivity contribution < 1.29 is 9.13 Å². The van der Waals surface area contributed by atoms with Crippen LogP contribution in [0.25, 0.3) is 0 Å². The lowest BCUT2D eigenvalue weighted by molar-refractivity contribution is 0.458. The summed E-state index contributed by atoms with van der Waals surface area (Å²) >= 11 is 0. The largest absolute Gasteiger partial charge is 0.439 e. The summed E-state index contributed by atoms with van der Waals surface area (Å²) in [6.45, 7) is 4.66. The summed E-state index contributed by atoms with van der Waals surface area (Å²) in [4.78, 5) is 4.30. The van der Waals surface area contributed by atoms with Crippen LogP contribution in [0.5, 0.6) is 11.6 Å². The third-order valence-corrected chi connectivity index (χ3v) is 2.65. The Morgan fingerprint density at radius 3 is 2.84 bits per heavy atom. The third kappa shape index (κ3) is 3.68. The molecular weight excluding hydrogens is 243 g/mol. The zero-order valence-corrected chi connectivity index (χ0v) is 11.1. The average molecular weight is 260 g/mol. The second-order valence-corrected chi connectivity index (χ2v) is 4.30. The van der Waals surface area contributed by atoms with Crippen LogP contribution in [0.3, 0.4) is 0 Å². The lowest BCUT2D eigenvalue weighted by atomic mass is 10.2. The maximum Gasteiger partial charge on any atom is 0.221 e. The number of nitrogens with one attached hydrogen (secondary N) is 1. The maximum atomic E-state index is 13.4. The molecule has 0 unspecified atom stereocenters. The highest BCUT2D eigenvalue weighted by Crippen LogP contribution is 2.22. The van der Waals surface area contributed by atoms with Gasteiger partial charge in [-0.05, 0) is 31.0 Å². The lowest BCUT2D eigenvalue weighted by Crippen LogP contribution is -2.02. The Hall–Kier alpha value is -2.10. The summed E-state index contributed by atoms with van der Waals surface area (Å²) in [6, 6.07) is 10.2. The first-order chi connectivity index (χ1) is 9.19. The van der Waals surface area contributed by atoms with E-state index in [1.807, 2.05) is 12.1 Å². The molecule has 0 aliphatic rings. The van der Waals surface area contributed by atoms with Crippen molar-refractivity contribution in [3.05, 3.63) is 47.8 Å². The number of pyridine rings is 1. The average Bonchev–Trinajstić information content (AvgIpc) is 2.41. The Morgan fingerprint density at radius 2 is 2.11 bits per heavy atom. The summed E-state index contributed by atoms with van der Waals surface area (Å²) in [5.41, 5.74) is 0.596. The van der Waals surface area contributed by atoms with E-state index in [2.05, 4.69) is 17.2 Å². The van der Waals surface area contributed by atoms with Crippen LogP contribution in [-0.4, -0.2) is 11.5 Å². The molecule has 4 heteroatoms. The van der Waals surface area contributed by atoms with Crippen LogP contribution in [0.15, 0.2) is 36.4 Å². The predicted octanol–water partition coefficient (Wildman–Crippen LogP) is 4.14. The van der Waals surface area contributed by atoms with Crippen molar-refractivity contribution in [1.29, 1.82) is 0 Å². The van der Waals surface area contributed by atoms with E-state index in [0.717, 1.165) is 18.8 Å². The molecule has 0 amide bonds. The number of anilines is 1. The van der Waals surface area contributed by atoms with Gasteiger partial charge in [0.2, 0.25) is 5.88 Å². The molecule has 2 rings (SSSR count). The second kappa shape index (κ2) is 6.18. The van der Waals surface area contributed by atoms with E-state index in [0.29, 0.717) is 17.2 Å². The number of ether oxygens (including phenoxy) is 1. The Bertz CT molecular complexity index is 558. The van der Waals surface area contributed by atoms with Crippen molar-refractivity contribution in [2.45, 2.75) is 20.3 Å². The van der Waals surface area contributed by atoms with Crippen LogP contribution in [0.1, 0.15) is 18.9 Å². The highest BCUT2D eigenvalue weighted by Gasteiger charge is 2.03. The molecule has 1 aromatic heterocycles. The van der Waals surface area contributed by atoms with Crippen LogP contribution in [-0.2, 0) is 0 Å². The SMILES string of the molecule is CCCNc1cccc(Oc2ccc(C)c(F)c2)n1. The molecule has 0 saturated heterocycles. The molecule has 2 aromatic rings. The van der Waals surface area contributed by atoms with Gasteiger partial charge in [0.05, 0.1) is 0 Å². The van der Waals surface area contributed by atoms with E-state index >= 15 is 0 Å². The van der Waals surface area contributed by atoms with Crippen molar-refractivity contribution >= 4 is 5.82 Å². The van der Waals surface area contributed by atoms with E-state index in [1.54, 1.807) is 25.1 Å². The molecule has 0 radical (unpaired) electrons. The van der Waals surface area contributed by atoms with Gasteiger partial charge < -0.3 is 10.1 Å². The zero-order chi connectivity index (χ0) is 13.7. The van der Waals surface area contributed by atoms with Gasteiger partial charge in [-0.15, -0.1) is 0 Å². The number of rotatable bonds is 5. The van der Waals surface area contributed by atoms with Gasteiger partial charge in [-0.1, -0.05) is 19.1 Å². The third-order valence-electron chi connectivity index (χ3n) is 2.65. The number of benzene rings is 1. The van der Waals surface area contributed by atoms with E-state index in [-0.39, 0.29) is 5.82 Å². The van der Waals surface area contributed by atoms with E-state index in [4.69, 9.17) is 4.74 Å². The van der Waals surface area contributed by atoms with Crippen LogP contribution in [0, 0.1) is 12.7 Å². The number of aromatic nitrogens is 1. The number of hydrogen-bond acceptors (Lipinski definition) is 3. The number of hydrogen-bond donors (Lipinski definition) is 1. The Kier molecular flexibility index (Phi) is 4.34. The first kappa shape index (κ1) is 13.3. The van der Waals surface area contributed by atoms with Gasteiger partial charge in [0.25, 0.3) is 0 Å². The van der Waals surface area contributed by atoms with Gasteiger partial charge in [0.15, 0.2) is 0 Å². The summed E-state index contributed by atoms with van der Waals surface area (Å²) in [5, 5.41) is 3.18. The molecule has 0 fully saturated rings. The number of aryl methyl sites for hydroxylation is 1. The van der Waals surface area contributed by atoms with Crippen molar-refractivity contribution in [2.75, 3.05) is 11.9 Å². The number of nitrogens with zero attached hydrogens (tertiary/aromatic N) is 1. The highest BCUT2D eigenvalue weighted by atomic mass is 19.1. The number of halogens is 1. The minimum Gasteiger partial charge on any atom is -0.439 e. The van der Waals surface area contributed by atoms with Crippen molar-refractivity contribution in [2.24, 2.45) is 0 Å². The fraction of sp³-hybridized carbons (Fsp3) is 0.267. The molecule has 1 N–H and O–H groups in total. The van der Waals surface area contributed by atoms with Crippen LogP contribution in [0.4, 0.5) is 10.2 Å². The Labute approximate surface area is 112 Å². The van der Waals surface area contributed by atoms with Gasteiger partial charge in [-0.3, -0.25) is 0 Å². The molecule has 0 atom stereocenters. The predicted molar refractivity (Wildman–Crippen MR) is 74.2 cm³/mol. The quantitative estimate of drug-likeness (QED) is 0.877. The molecule has 0 aliphatic heterocycles. The van der Waals surface area contributed by atoms with Crippen LogP contribution >= 0.6 is 0 Å². The van der Waals surface area contributed by atoms with Gasteiger partial charge in [-0.2, -0.15) is 4.98 Å². The van der Waals surface area contributed by atoms with Crippen LogP contribution < -0.4 is 10.1 Å². The van der Waals surface area contributed by atoms with Gasteiger partial charge in [0.1, 0.15) is 17.4 Å². The van der Waals surface area contributed by atoms with Crippen molar-refractivity contribution in [1.82, 2.24) is 4.98 Å². The topological polar surface area (TPSA) is 34.1 Å². The smallest absolute Gasteiger partial charge is 0.221 e. The summed E-state index contributed by atoms with van der Waals surface area (Å²) in [5.74, 6) is 1.37. The zero-order valence-electron chi connectivity index (χ0n) is 11.1. The van der Waals surface area contributed by atoms with Gasteiger partial charge >= 0.3 is 0 Å². The van der Waals surface area contributed by atoms with Crippen molar-refractivity contribution in [3.63, 3.8) is 0 Å². The summed E-state index contributed by atoms with van der Waals surface area (Å²) in [6.07, 6.45) is 1.02. The van der Waals surface area contributed by atoms with Crippen LogP contribution in [0.2, 0.25) is 0 Å². The lowest BCUT2D eigenvalue weighted by Gasteiger charge is -2.08. The normalized spacial score (nSPS) is 10.3. The fourth-order valence-electron chi connectivity index (χ4n) is 1.58. The maximum absolute atomic E-state index is 13.4. The minimum atomic E-state index is -0.280. The molecule has 0 bridgehead atoms. The first-order valence-electron chi connectivity index (χ1n) is 6.34.